The van der Waals surface area contributed by atoms with E-state index in [0.29, 0.717) is 19.0 Å². The molecular formula is C19H31N5OS. The zero-order valence-electron chi connectivity index (χ0n) is 15.3. The van der Waals surface area contributed by atoms with E-state index in [1.165, 1.54) is 0 Å². The monoisotopic (exact) mass is 377 g/mol. The summed E-state index contributed by atoms with van der Waals surface area (Å²) in [4.78, 5) is 18.7. The number of benzene rings is 1. The van der Waals surface area contributed by atoms with Crippen molar-refractivity contribution in [2.75, 3.05) is 24.6 Å². The first-order valence-electron chi connectivity index (χ1n) is 9.31. The van der Waals surface area contributed by atoms with E-state index in [0.717, 1.165) is 49.3 Å². The van der Waals surface area contributed by atoms with E-state index in [4.69, 9.17) is 17.2 Å². The zero-order valence-corrected chi connectivity index (χ0v) is 16.2. The highest BCUT2D eigenvalue weighted by Crippen LogP contribution is 2.23. The van der Waals surface area contributed by atoms with Crippen LogP contribution in [0.3, 0.4) is 0 Å². The Hall–Kier alpha value is -1.73. The Morgan fingerprint density at radius 2 is 2.04 bits per heavy atom. The Morgan fingerprint density at radius 3 is 2.77 bits per heavy atom. The van der Waals surface area contributed by atoms with Gasteiger partial charge >= 0.3 is 0 Å². The van der Waals surface area contributed by atoms with Gasteiger partial charge < -0.3 is 22.1 Å². The van der Waals surface area contributed by atoms with Gasteiger partial charge in [-0.3, -0.25) is 9.79 Å². The Balaban J connectivity index is 1.71. The van der Waals surface area contributed by atoms with E-state index in [2.05, 4.69) is 4.99 Å². The molecule has 0 aliphatic carbocycles. The third-order valence-electron chi connectivity index (χ3n) is 4.58. The number of amides is 1. The Morgan fingerprint density at radius 1 is 1.27 bits per heavy atom. The molecule has 1 aromatic rings. The minimum absolute atomic E-state index is 0.0877. The quantitative estimate of drug-likeness (QED) is 0.324. The predicted octanol–water partition coefficient (Wildman–Crippen LogP) is 1.33. The minimum atomic E-state index is -0.456. The molecule has 1 heterocycles. The van der Waals surface area contributed by atoms with E-state index in [1.54, 1.807) is 0 Å². The van der Waals surface area contributed by atoms with Gasteiger partial charge in [0.05, 0.1) is 6.04 Å². The highest BCUT2D eigenvalue weighted by Gasteiger charge is 2.31. The summed E-state index contributed by atoms with van der Waals surface area (Å²) < 4.78 is 0. The number of unbranched alkanes of at least 4 members (excludes halogenated alkanes) is 1. The Kier molecular flexibility index (Phi) is 8.77. The van der Waals surface area contributed by atoms with E-state index in [9.17, 15) is 4.79 Å². The molecule has 0 radical (unpaired) electrons. The highest BCUT2D eigenvalue weighted by molar-refractivity contribution is 7.99. The highest BCUT2D eigenvalue weighted by atomic mass is 32.2. The van der Waals surface area contributed by atoms with Crippen molar-refractivity contribution in [1.29, 1.82) is 0 Å². The number of nitrogens with zero attached hydrogens (tertiary/aromatic N) is 2. The Bertz CT molecular complexity index is 577. The smallest absolute Gasteiger partial charge is 0.240 e. The summed E-state index contributed by atoms with van der Waals surface area (Å²) in [6, 6.07) is 9.83. The number of guanidine groups is 1. The lowest BCUT2D eigenvalue weighted by atomic mass is 10.1. The van der Waals surface area contributed by atoms with Crippen LogP contribution in [0, 0.1) is 0 Å². The molecule has 0 saturated carbocycles. The van der Waals surface area contributed by atoms with Crippen LogP contribution in [0.2, 0.25) is 0 Å². The molecular weight excluding hydrogens is 346 g/mol. The zero-order chi connectivity index (χ0) is 18.8. The summed E-state index contributed by atoms with van der Waals surface area (Å²) in [7, 11) is 0. The van der Waals surface area contributed by atoms with Crippen molar-refractivity contribution >= 4 is 23.6 Å². The fraction of sp³-hybridized carbons (Fsp3) is 0.579. The van der Waals surface area contributed by atoms with Gasteiger partial charge in [0.2, 0.25) is 5.91 Å². The van der Waals surface area contributed by atoms with Crippen molar-refractivity contribution in [1.82, 2.24) is 4.90 Å². The van der Waals surface area contributed by atoms with Gasteiger partial charge in [-0.05, 0) is 43.4 Å². The van der Waals surface area contributed by atoms with Gasteiger partial charge in [-0.2, -0.15) is 11.8 Å². The van der Waals surface area contributed by atoms with Crippen molar-refractivity contribution in [2.45, 2.75) is 44.2 Å². The van der Waals surface area contributed by atoms with Gasteiger partial charge in [0.15, 0.2) is 5.96 Å². The third-order valence-corrected chi connectivity index (χ3v) is 5.78. The van der Waals surface area contributed by atoms with Crippen LogP contribution in [0.1, 0.15) is 31.2 Å². The van der Waals surface area contributed by atoms with Crippen molar-refractivity contribution in [3.63, 3.8) is 0 Å². The van der Waals surface area contributed by atoms with E-state index in [-0.39, 0.29) is 11.9 Å². The van der Waals surface area contributed by atoms with E-state index >= 15 is 0 Å². The van der Waals surface area contributed by atoms with Crippen LogP contribution in [-0.4, -0.2) is 53.4 Å². The molecule has 1 amide bonds. The number of thioether (sulfide) groups is 1. The number of aliphatic imine (C=N–C) groups is 1. The normalized spacial score (nSPS) is 17.9. The first-order valence-corrected chi connectivity index (χ1v) is 10.5. The lowest BCUT2D eigenvalue weighted by Crippen LogP contribution is -2.47. The van der Waals surface area contributed by atoms with Crippen molar-refractivity contribution in [3.05, 3.63) is 35.9 Å². The first kappa shape index (κ1) is 20.6. The minimum Gasteiger partial charge on any atom is -0.370 e. The molecule has 6 nitrogen and oxygen atoms in total. The number of rotatable bonds is 10. The van der Waals surface area contributed by atoms with Gasteiger partial charge in [-0.25, -0.2) is 0 Å². The lowest BCUT2D eigenvalue weighted by Gasteiger charge is -2.27. The summed E-state index contributed by atoms with van der Waals surface area (Å²) in [6.45, 7) is 1.52. The van der Waals surface area contributed by atoms with Gasteiger partial charge in [0, 0.05) is 24.9 Å². The summed E-state index contributed by atoms with van der Waals surface area (Å²) >= 11 is 1.90. The fourth-order valence-electron chi connectivity index (χ4n) is 3.21. The molecule has 1 aliphatic rings. The molecule has 144 valence electrons. The molecule has 26 heavy (non-hydrogen) atoms. The second-order valence-electron chi connectivity index (χ2n) is 6.71. The number of hydrogen-bond donors (Lipinski definition) is 3. The molecule has 2 rings (SSSR count). The maximum Gasteiger partial charge on any atom is 0.240 e. The first-order chi connectivity index (χ1) is 12.6. The van der Waals surface area contributed by atoms with Gasteiger partial charge in [0.1, 0.15) is 0 Å². The number of nitrogens with two attached hydrogens (primary N) is 3. The van der Waals surface area contributed by atoms with Gasteiger partial charge in [0.25, 0.3) is 0 Å². The largest absolute Gasteiger partial charge is 0.370 e. The molecule has 0 unspecified atom stereocenters. The molecule has 0 aromatic heterocycles. The molecule has 0 bridgehead atoms. The molecule has 1 aliphatic heterocycles. The Labute approximate surface area is 160 Å². The summed E-state index contributed by atoms with van der Waals surface area (Å²) in [6.07, 6.45) is 4.81. The summed E-state index contributed by atoms with van der Waals surface area (Å²) in [5.41, 5.74) is 17.9. The van der Waals surface area contributed by atoms with Crippen LogP contribution in [0.15, 0.2) is 35.3 Å². The molecule has 7 heteroatoms. The molecule has 6 N–H and O–H groups in total. The van der Waals surface area contributed by atoms with Gasteiger partial charge in [-0.1, -0.05) is 30.3 Å². The maximum absolute atomic E-state index is 12.8. The summed E-state index contributed by atoms with van der Waals surface area (Å²) in [5, 5.41) is 0. The number of likely N-dealkylation sites (tertiary alicyclic amines) is 1. The van der Waals surface area contributed by atoms with Crippen LogP contribution >= 0.6 is 11.8 Å². The standard InChI is InChI=1S/C19H31N5OS/c20-17(13-15-7-2-1-3-8-15)18(25)24-11-6-9-16(24)14-26-12-5-4-10-23-19(21)22/h1-3,7-8,16-17H,4-6,9-14,20H2,(H4,21,22,23)/t16-,17-/m0/s1. The molecule has 1 fully saturated rings. The van der Waals surface area contributed by atoms with E-state index in [1.807, 2.05) is 47.0 Å². The maximum atomic E-state index is 12.8. The van der Waals surface area contributed by atoms with Crippen molar-refractivity contribution < 1.29 is 4.79 Å². The molecule has 0 spiro atoms. The lowest BCUT2D eigenvalue weighted by molar-refractivity contribution is -0.133. The van der Waals surface area contributed by atoms with Gasteiger partial charge in [-0.15, -0.1) is 0 Å². The number of hydrogen-bond acceptors (Lipinski definition) is 4. The van der Waals surface area contributed by atoms with Crippen molar-refractivity contribution in [2.24, 2.45) is 22.2 Å². The molecule has 1 aromatic carbocycles. The molecule has 2 atom stereocenters. The van der Waals surface area contributed by atoms with E-state index < -0.39 is 6.04 Å². The second kappa shape index (κ2) is 11.1. The molecule has 1 saturated heterocycles. The van der Waals surface area contributed by atoms with Crippen LogP contribution < -0.4 is 17.2 Å². The average molecular weight is 378 g/mol. The van der Waals surface area contributed by atoms with Crippen LogP contribution in [0.25, 0.3) is 0 Å². The summed E-state index contributed by atoms with van der Waals surface area (Å²) in [5.74, 6) is 2.29. The van der Waals surface area contributed by atoms with Crippen LogP contribution in [0.5, 0.6) is 0 Å². The number of carbonyl (C=O) groups excluding carboxylic acids is 1. The number of carbonyl (C=O) groups is 1. The average Bonchev–Trinajstić information content (AvgIpc) is 3.09. The van der Waals surface area contributed by atoms with Crippen molar-refractivity contribution in [3.8, 4) is 0 Å². The topological polar surface area (TPSA) is 111 Å². The SMILES string of the molecule is NC(N)=NCCCCSC[C@@H]1CCCN1C(=O)[C@@H](N)Cc1ccccc1. The second-order valence-corrected chi connectivity index (χ2v) is 7.86. The predicted molar refractivity (Wildman–Crippen MR) is 110 cm³/mol. The third kappa shape index (κ3) is 6.88. The van der Waals surface area contributed by atoms with Crippen LogP contribution in [0.4, 0.5) is 0 Å². The fourth-order valence-corrected chi connectivity index (χ4v) is 4.40. The van der Waals surface area contributed by atoms with Crippen LogP contribution in [-0.2, 0) is 11.2 Å².